The Bertz CT molecular complexity index is 432. The second kappa shape index (κ2) is 8.18. The molecule has 0 atom stereocenters. The van der Waals surface area contributed by atoms with E-state index in [2.05, 4.69) is 53.0 Å². The molecule has 0 fully saturated rings. The summed E-state index contributed by atoms with van der Waals surface area (Å²) in [5.74, 6) is 7.28. The molecule has 0 saturated carbocycles. The minimum atomic E-state index is 0.440. The fourth-order valence-electron chi connectivity index (χ4n) is 1.51. The fourth-order valence-corrected chi connectivity index (χ4v) is 1.92. The van der Waals surface area contributed by atoms with Crippen LogP contribution in [0.4, 0.5) is 0 Å². The van der Waals surface area contributed by atoms with Gasteiger partial charge in [0.1, 0.15) is 12.4 Å². The van der Waals surface area contributed by atoms with Crippen molar-refractivity contribution in [1.29, 1.82) is 0 Å². The minimum absolute atomic E-state index is 0.440. The van der Waals surface area contributed by atoms with Gasteiger partial charge in [-0.25, -0.2) is 0 Å². The van der Waals surface area contributed by atoms with E-state index in [-0.39, 0.29) is 0 Å². The summed E-state index contributed by atoms with van der Waals surface area (Å²) in [7, 11) is 0. The van der Waals surface area contributed by atoms with Gasteiger partial charge in [-0.15, -0.1) is 5.92 Å². The molecule has 1 rings (SSSR count). The van der Waals surface area contributed by atoms with Crippen LogP contribution in [0.3, 0.4) is 0 Å². The Morgan fingerprint density at radius 2 is 2.17 bits per heavy atom. The van der Waals surface area contributed by atoms with Crippen LogP contribution in [-0.2, 0) is 6.54 Å². The topological polar surface area (TPSA) is 21.3 Å². The quantitative estimate of drug-likeness (QED) is 0.811. The van der Waals surface area contributed by atoms with Crippen LogP contribution in [0.2, 0.25) is 0 Å². The Labute approximate surface area is 118 Å². The first-order valence-corrected chi connectivity index (χ1v) is 6.94. The van der Waals surface area contributed by atoms with Gasteiger partial charge in [0, 0.05) is 16.6 Å². The van der Waals surface area contributed by atoms with Gasteiger partial charge in [-0.05, 0) is 37.6 Å². The fraction of sp³-hybridized carbons (Fsp3) is 0.467. The first-order chi connectivity index (χ1) is 8.63. The van der Waals surface area contributed by atoms with Crippen LogP contribution in [0.5, 0.6) is 5.75 Å². The van der Waals surface area contributed by atoms with Crippen molar-refractivity contribution in [3.63, 3.8) is 0 Å². The van der Waals surface area contributed by atoms with Gasteiger partial charge in [-0.1, -0.05) is 35.7 Å². The third-order valence-corrected chi connectivity index (χ3v) is 2.86. The molecule has 0 aromatic heterocycles. The third kappa shape index (κ3) is 5.57. The summed E-state index contributed by atoms with van der Waals surface area (Å²) < 4.78 is 6.72. The van der Waals surface area contributed by atoms with Crippen molar-refractivity contribution in [2.45, 2.75) is 27.3 Å². The summed E-state index contributed by atoms with van der Waals surface area (Å²) in [4.78, 5) is 0. The molecule has 0 aliphatic heterocycles. The maximum atomic E-state index is 5.66. The normalized spacial score (nSPS) is 10.1. The summed E-state index contributed by atoms with van der Waals surface area (Å²) >= 11 is 3.49. The van der Waals surface area contributed by atoms with Crippen molar-refractivity contribution >= 4 is 15.9 Å². The molecule has 0 saturated heterocycles. The standard InChI is InChI=1S/C15H20BrNO/c1-4-5-8-18-15-7-6-14(16)9-13(15)11-17-10-12(2)3/h6-7,9,12,17H,8,10-11H2,1-3H3. The smallest absolute Gasteiger partial charge is 0.149 e. The predicted octanol–water partition coefficient (Wildman–Crippen LogP) is 3.60. The van der Waals surface area contributed by atoms with Crippen LogP contribution in [0.25, 0.3) is 0 Å². The summed E-state index contributed by atoms with van der Waals surface area (Å²) in [5, 5.41) is 3.42. The molecule has 0 aliphatic rings. The number of nitrogens with one attached hydrogen (secondary N) is 1. The molecule has 0 radical (unpaired) electrons. The molecule has 1 aromatic carbocycles. The van der Waals surface area contributed by atoms with E-state index in [1.54, 1.807) is 0 Å². The molecule has 1 aromatic rings. The number of hydrogen-bond donors (Lipinski definition) is 1. The number of halogens is 1. The van der Waals surface area contributed by atoms with Gasteiger partial charge in [0.05, 0.1) is 0 Å². The second-order valence-corrected chi connectivity index (χ2v) is 5.41. The van der Waals surface area contributed by atoms with Gasteiger partial charge in [0.15, 0.2) is 0 Å². The number of hydrogen-bond acceptors (Lipinski definition) is 2. The molecule has 18 heavy (non-hydrogen) atoms. The highest BCUT2D eigenvalue weighted by Crippen LogP contribution is 2.23. The number of benzene rings is 1. The zero-order valence-electron chi connectivity index (χ0n) is 11.2. The summed E-state index contributed by atoms with van der Waals surface area (Å²) in [6, 6.07) is 6.05. The molecule has 0 unspecified atom stereocenters. The van der Waals surface area contributed by atoms with Crippen molar-refractivity contribution in [2.24, 2.45) is 5.92 Å². The van der Waals surface area contributed by atoms with Crippen molar-refractivity contribution in [1.82, 2.24) is 5.32 Å². The van der Waals surface area contributed by atoms with Crippen LogP contribution in [0, 0.1) is 17.8 Å². The second-order valence-electron chi connectivity index (χ2n) is 4.49. The van der Waals surface area contributed by atoms with Crippen LogP contribution < -0.4 is 10.1 Å². The van der Waals surface area contributed by atoms with Gasteiger partial charge >= 0.3 is 0 Å². The van der Waals surface area contributed by atoms with E-state index in [9.17, 15) is 0 Å². The molecule has 0 aliphatic carbocycles. The lowest BCUT2D eigenvalue weighted by molar-refractivity contribution is 0.364. The average molecular weight is 310 g/mol. The predicted molar refractivity (Wildman–Crippen MR) is 79.6 cm³/mol. The zero-order chi connectivity index (χ0) is 13.4. The SMILES string of the molecule is CC#CCOc1ccc(Br)cc1CNCC(C)C. The van der Waals surface area contributed by atoms with Crippen molar-refractivity contribution in [2.75, 3.05) is 13.2 Å². The van der Waals surface area contributed by atoms with E-state index in [0.717, 1.165) is 28.9 Å². The first-order valence-electron chi connectivity index (χ1n) is 6.15. The monoisotopic (exact) mass is 309 g/mol. The van der Waals surface area contributed by atoms with E-state index in [1.165, 1.54) is 0 Å². The first kappa shape index (κ1) is 15.1. The van der Waals surface area contributed by atoms with Gasteiger partial charge in [0.25, 0.3) is 0 Å². The van der Waals surface area contributed by atoms with Gasteiger partial charge in [0.2, 0.25) is 0 Å². The van der Waals surface area contributed by atoms with Crippen LogP contribution in [0.1, 0.15) is 26.3 Å². The van der Waals surface area contributed by atoms with E-state index >= 15 is 0 Å². The lowest BCUT2D eigenvalue weighted by Crippen LogP contribution is -2.19. The Morgan fingerprint density at radius 1 is 1.39 bits per heavy atom. The van der Waals surface area contributed by atoms with E-state index in [4.69, 9.17) is 4.74 Å². The average Bonchev–Trinajstić information content (AvgIpc) is 2.31. The Morgan fingerprint density at radius 3 is 2.83 bits per heavy atom. The highest BCUT2D eigenvalue weighted by Gasteiger charge is 2.04. The Kier molecular flexibility index (Phi) is 6.85. The molecule has 0 bridgehead atoms. The zero-order valence-corrected chi connectivity index (χ0v) is 12.8. The maximum Gasteiger partial charge on any atom is 0.149 e. The van der Waals surface area contributed by atoms with Crippen LogP contribution >= 0.6 is 15.9 Å². The van der Waals surface area contributed by atoms with Crippen LogP contribution in [0.15, 0.2) is 22.7 Å². The lowest BCUT2D eigenvalue weighted by Gasteiger charge is -2.12. The van der Waals surface area contributed by atoms with Crippen LogP contribution in [-0.4, -0.2) is 13.2 Å². The molecule has 3 heteroatoms. The van der Waals surface area contributed by atoms with Crippen molar-refractivity contribution < 1.29 is 4.74 Å². The molecular formula is C15H20BrNO. The van der Waals surface area contributed by atoms with E-state index in [1.807, 2.05) is 19.1 Å². The third-order valence-electron chi connectivity index (χ3n) is 2.37. The van der Waals surface area contributed by atoms with Gasteiger partial charge in [-0.2, -0.15) is 0 Å². The number of ether oxygens (including phenoxy) is 1. The Hall–Kier alpha value is -0.980. The molecular weight excluding hydrogens is 290 g/mol. The van der Waals surface area contributed by atoms with Crippen molar-refractivity contribution in [3.8, 4) is 17.6 Å². The maximum absolute atomic E-state index is 5.66. The lowest BCUT2D eigenvalue weighted by atomic mass is 10.2. The molecule has 0 amide bonds. The van der Waals surface area contributed by atoms with E-state index < -0.39 is 0 Å². The molecule has 98 valence electrons. The molecule has 1 N–H and O–H groups in total. The summed E-state index contributed by atoms with van der Waals surface area (Å²) in [6.45, 7) is 8.46. The molecule has 0 spiro atoms. The largest absolute Gasteiger partial charge is 0.481 e. The molecule has 0 heterocycles. The molecule has 2 nitrogen and oxygen atoms in total. The van der Waals surface area contributed by atoms with Gasteiger partial charge in [-0.3, -0.25) is 0 Å². The highest BCUT2D eigenvalue weighted by atomic mass is 79.9. The minimum Gasteiger partial charge on any atom is -0.481 e. The van der Waals surface area contributed by atoms with Gasteiger partial charge < -0.3 is 10.1 Å². The number of rotatable bonds is 6. The van der Waals surface area contributed by atoms with E-state index in [0.29, 0.717) is 12.5 Å². The summed E-state index contributed by atoms with van der Waals surface area (Å²) in [5.41, 5.74) is 1.16. The Balaban J connectivity index is 2.66. The van der Waals surface area contributed by atoms with Crippen molar-refractivity contribution in [3.05, 3.63) is 28.2 Å². The summed E-state index contributed by atoms with van der Waals surface area (Å²) in [6.07, 6.45) is 0. The highest BCUT2D eigenvalue weighted by molar-refractivity contribution is 9.10.